The number of benzene rings is 1. The number of nitrogen functional groups attached to an aromatic ring is 1. The predicted molar refractivity (Wildman–Crippen MR) is 77.2 cm³/mol. The number of halogens is 1. The standard InChI is InChI=1S/C10H11BrN4O2S2/c1-6(7-2-4-8(11)5-3-7)15-19(16,17)10-14-13-9(12)18-10/h2-6,15H,1H3,(H2,12,13). The van der Waals surface area contributed by atoms with Crippen LogP contribution in [0.3, 0.4) is 0 Å². The van der Waals surface area contributed by atoms with Gasteiger partial charge in [0.25, 0.3) is 10.0 Å². The van der Waals surface area contributed by atoms with Gasteiger partial charge in [-0.15, -0.1) is 10.2 Å². The third-order valence-corrected chi connectivity index (χ3v) is 5.54. The lowest BCUT2D eigenvalue weighted by atomic mass is 10.1. The van der Waals surface area contributed by atoms with Gasteiger partial charge in [0.1, 0.15) is 0 Å². The molecule has 0 aliphatic carbocycles. The highest BCUT2D eigenvalue weighted by molar-refractivity contribution is 9.10. The number of nitrogens with one attached hydrogen (secondary N) is 1. The van der Waals surface area contributed by atoms with Crippen LogP contribution in [0.2, 0.25) is 0 Å². The molecule has 0 aliphatic rings. The molecule has 0 fully saturated rings. The van der Waals surface area contributed by atoms with Crippen LogP contribution in [0.4, 0.5) is 5.13 Å². The van der Waals surface area contributed by atoms with E-state index >= 15 is 0 Å². The van der Waals surface area contributed by atoms with Gasteiger partial charge in [-0.3, -0.25) is 0 Å². The predicted octanol–water partition coefficient (Wildman–Crippen LogP) is 1.92. The summed E-state index contributed by atoms with van der Waals surface area (Å²) in [6, 6.07) is 7.01. The van der Waals surface area contributed by atoms with Gasteiger partial charge in [-0.05, 0) is 24.6 Å². The van der Waals surface area contributed by atoms with E-state index in [2.05, 4.69) is 30.8 Å². The van der Waals surface area contributed by atoms with Crippen LogP contribution in [0.25, 0.3) is 0 Å². The second-order valence-corrected chi connectivity index (χ2v) is 7.61. The lowest BCUT2D eigenvalue weighted by Crippen LogP contribution is -2.26. The van der Waals surface area contributed by atoms with E-state index in [0.29, 0.717) is 0 Å². The molecular weight excluding hydrogens is 352 g/mol. The number of anilines is 1. The quantitative estimate of drug-likeness (QED) is 0.865. The highest BCUT2D eigenvalue weighted by atomic mass is 79.9. The molecule has 1 heterocycles. The fourth-order valence-corrected chi connectivity index (χ4v) is 3.73. The first kappa shape index (κ1) is 14.4. The fourth-order valence-electron chi connectivity index (χ4n) is 1.43. The Kier molecular flexibility index (Phi) is 4.19. The summed E-state index contributed by atoms with van der Waals surface area (Å²) >= 11 is 4.16. The molecule has 9 heteroatoms. The lowest BCUT2D eigenvalue weighted by Gasteiger charge is -2.13. The van der Waals surface area contributed by atoms with Crippen LogP contribution in [0.1, 0.15) is 18.5 Å². The number of hydrogen-bond donors (Lipinski definition) is 2. The van der Waals surface area contributed by atoms with Crippen LogP contribution in [0.5, 0.6) is 0 Å². The zero-order valence-electron chi connectivity index (χ0n) is 9.87. The molecule has 102 valence electrons. The number of nitrogens with two attached hydrogens (primary N) is 1. The highest BCUT2D eigenvalue weighted by Gasteiger charge is 2.22. The summed E-state index contributed by atoms with van der Waals surface area (Å²) < 4.78 is 27.4. The van der Waals surface area contributed by atoms with Crippen LogP contribution in [-0.2, 0) is 10.0 Å². The number of hydrogen-bond acceptors (Lipinski definition) is 6. The summed E-state index contributed by atoms with van der Waals surface area (Å²) in [6.45, 7) is 1.76. The van der Waals surface area contributed by atoms with Crippen LogP contribution in [0, 0.1) is 0 Å². The van der Waals surface area contributed by atoms with Crippen molar-refractivity contribution in [3.63, 3.8) is 0 Å². The van der Waals surface area contributed by atoms with Gasteiger partial charge in [0, 0.05) is 10.5 Å². The van der Waals surface area contributed by atoms with E-state index in [-0.39, 0.29) is 15.5 Å². The van der Waals surface area contributed by atoms with Crippen molar-refractivity contribution in [1.29, 1.82) is 0 Å². The number of aromatic nitrogens is 2. The third kappa shape index (κ3) is 3.50. The van der Waals surface area contributed by atoms with E-state index in [9.17, 15) is 8.42 Å². The second-order valence-electron chi connectivity index (χ2n) is 3.80. The first-order chi connectivity index (χ1) is 8.88. The molecule has 0 aliphatic heterocycles. The molecule has 1 unspecified atom stereocenters. The van der Waals surface area contributed by atoms with Crippen molar-refractivity contribution in [3.05, 3.63) is 34.3 Å². The SMILES string of the molecule is CC(NS(=O)(=O)c1nnc(N)s1)c1ccc(Br)cc1. The van der Waals surface area contributed by atoms with Crippen molar-refractivity contribution < 1.29 is 8.42 Å². The largest absolute Gasteiger partial charge is 0.374 e. The molecule has 0 saturated heterocycles. The molecule has 0 bridgehead atoms. The molecule has 19 heavy (non-hydrogen) atoms. The first-order valence-electron chi connectivity index (χ1n) is 5.25. The molecule has 2 aromatic rings. The Morgan fingerprint density at radius 3 is 2.47 bits per heavy atom. The summed E-state index contributed by atoms with van der Waals surface area (Å²) in [7, 11) is -3.69. The summed E-state index contributed by atoms with van der Waals surface area (Å²) in [4.78, 5) is 0. The highest BCUT2D eigenvalue weighted by Crippen LogP contribution is 2.21. The molecule has 2 rings (SSSR count). The van der Waals surface area contributed by atoms with Crippen LogP contribution >= 0.6 is 27.3 Å². The van der Waals surface area contributed by atoms with E-state index in [1.807, 2.05) is 24.3 Å². The van der Waals surface area contributed by atoms with Crippen LogP contribution < -0.4 is 10.5 Å². The van der Waals surface area contributed by atoms with Gasteiger partial charge in [-0.2, -0.15) is 0 Å². The molecule has 1 aromatic heterocycles. The Labute approximate surface area is 123 Å². The lowest BCUT2D eigenvalue weighted by molar-refractivity contribution is 0.565. The Morgan fingerprint density at radius 2 is 1.95 bits per heavy atom. The van der Waals surface area contributed by atoms with E-state index in [0.717, 1.165) is 21.4 Å². The summed E-state index contributed by atoms with van der Waals surface area (Å²) in [5.74, 6) is 0. The van der Waals surface area contributed by atoms with Gasteiger partial charge in [0.05, 0.1) is 0 Å². The van der Waals surface area contributed by atoms with Gasteiger partial charge < -0.3 is 5.73 Å². The second kappa shape index (κ2) is 5.53. The summed E-state index contributed by atoms with van der Waals surface area (Å²) in [5.41, 5.74) is 6.23. The first-order valence-corrected chi connectivity index (χ1v) is 8.34. The Hall–Kier alpha value is -1.03. The van der Waals surface area contributed by atoms with Gasteiger partial charge >= 0.3 is 0 Å². The van der Waals surface area contributed by atoms with Gasteiger partial charge in [0.2, 0.25) is 9.47 Å². The van der Waals surface area contributed by atoms with Crippen LogP contribution in [-0.4, -0.2) is 18.6 Å². The van der Waals surface area contributed by atoms with Crippen molar-refractivity contribution in [2.24, 2.45) is 0 Å². The molecule has 6 nitrogen and oxygen atoms in total. The molecule has 0 saturated carbocycles. The topological polar surface area (TPSA) is 98.0 Å². The normalized spacial score (nSPS) is 13.4. The molecule has 1 atom stereocenters. The summed E-state index contributed by atoms with van der Waals surface area (Å²) in [5, 5.41) is 7.15. The number of sulfonamides is 1. The molecule has 0 radical (unpaired) electrons. The Morgan fingerprint density at radius 1 is 1.32 bits per heavy atom. The molecule has 0 amide bonds. The molecule has 1 aromatic carbocycles. The van der Waals surface area contributed by atoms with Crippen LogP contribution in [0.15, 0.2) is 33.1 Å². The van der Waals surface area contributed by atoms with Crippen molar-refractivity contribution in [2.45, 2.75) is 17.3 Å². The number of rotatable bonds is 4. The molecular formula is C10H11BrN4O2S2. The molecule has 3 N–H and O–H groups in total. The monoisotopic (exact) mass is 362 g/mol. The van der Waals surface area contributed by atoms with Crippen molar-refractivity contribution in [2.75, 3.05) is 5.73 Å². The van der Waals surface area contributed by atoms with E-state index < -0.39 is 10.0 Å². The van der Waals surface area contributed by atoms with Crippen molar-refractivity contribution in [1.82, 2.24) is 14.9 Å². The smallest absolute Gasteiger partial charge is 0.270 e. The Bertz CT molecular complexity index is 669. The minimum atomic E-state index is -3.69. The van der Waals surface area contributed by atoms with E-state index in [4.69, 9.17) is 5.73 Å². The van der Waals surface area contributed by atoms with E-state index in [1.165, 1.54) is 0 Å². The van der Waals surface area contributed by atoms with Gasteiger partial charge in [0.15, 0.2) is 0 Å². The van der Waals surface area contributed by atoms with Crippen molar-refractivity contribution >= 4 is 42.4 Å². The van der Waals surface area contributed by atoms with Gasteiger partial charge in [-0.25, -0.2) is 13.1 Å². The zero-order chi connectivity index (χ0) is 14.0. The average molecular weight is 363 g/mol. The number of nitrogens with zero attached hydrogens (tertiary/aromatic N) is 2. The average Bonchev–Trinajstić information content (AvgIpc) is 2.77. The minimum Gasteiger partial charge on any atom is -0.374 e. The van der Waals surface area contributed by atoms with Gasteiger partial charge in [-0.1, -0.05) is 39.4 Å². The third-order valence-electron chi connectivity index (χ3n) is 2.35. The van der Waals surface area contributed by atoms with E-state index in [1.54, 1.807) is 6.92 Å². The minimum absolute atomic E-state index is 0.122. The zero-order valence-corrected chi connectivity index (χ0v) is 13.1. The summed E-state index contributed by atoms with van der Waals surface area (Å²) in [6.07, 6.45) is 0. The maximum Gasteiger partial charge on any atom is 0.270 e. The maximum atomic E-state index is 12.0. The maximum absolute atomic E-state index is 12.0. The molecule has 0 spiro atoms. The fraction of sp³-hybridized carbons (Fsp3) is 0.200. The Balaban J connectivity index is 2.18. The van der Waals surface area contributed by atoms with Crippen molar-refractivity contribution in [3.8, 4) is 0 Å².